The predicted molar refractivity (Wildman–Crippen MR) is 112 cm³/mol. The molecule has 1 aliphatic rings. The maximum absolute atomic E-state index is 4.43. The van der Waals surface area contributed by atoms with E-state index in [2.05, 4.69) is 36.3 Å². The number of guanidine groups is 1. The van der Waals surface area contributed by atoms with Gasteiger partial charge in [-0.05, 0) is 24.6 Å². The fraction of sp³-hybridized carbons (Fsp3) is 0.471. The van der Waals surface area contributed by atoms with Gasteiger partial charge < -0.3 is 15.1 Å². The minimum absolute atomic E-state index is 0. The van der Waals surface area contributed by atoms with Gasteiger partial charge in [-0.25, -0.2) is 4.98 Å². The van der Waals surface area contributed by atoms with Gasteiger partial charge in [0, 0.05) is 64.9 Å². The molecule has 3 rings (SSSR count). The second-order valence-electron chi connectivity index (χ2n) is 5.76. The number of anilines is 1. The fourth-order valence-corrected chi connectivity index (χ4v) is 2.89. The molecule has 0 saturated carbocycles. The van der Waals surface area contributed by atoms with Crippen LogP contribution in [0.25, 0.3) is 0 Å². The number of aryl methyl sites for hydroxylation is 1. The van der Waals surface area contributed by atoms with E-state index in [-0.39, 0.29) is 24.0 Å². The van der Waals surface area contributed by atoms with E-state index in [1.165, 1.54) is 0 Å². The molecule has 25 heavy (non-hydrogen) atoms. The third kappa shape index (κ3) is 5.58. The van der Waals surface area contributed by atoms with Gasteiger partial charge in [0.05, 0.1) is 0 Å². The first-order chi connectivity index (χ1) is 11.9. The number of aromatic nitrogens is 3. The molecule has 1 fully saturated rings. The van der Waals surface area contributed by atoms with Crippen molar-refractivity contribution in [2.45, 2.75) is 13.0 Å². The number of nitrogens with zero attached hydrogens (tertiary/aromatic N) is 6. The van der Waals surface area contributed by atoms with Crippen LogP contribution in [0.15, 0.2) is 47.8 Å². The molecule has 0 aromatic carbocycles. The van der Waals surface area contributed by atoms with Gasteiger partial charge in [-0.2, -0.15) is 5.10 Å². The molecule has 0 amide bonds. The van der Waals surface area contributed by atoms with Crippen molar-refractivity contribution in [2.75, 3.05) is 44.7 Å². The zero-order valence-corrected chi connectivity index (χ0v) is 16.9. The van der Waals surface area contributed by atoms with Gasteiger partial charge in [0.25, 0.3) is 0 Å². The predicted octanol–water partition coefficient (Wildman–Crippen LogP) is 1.68. The number of aliphatic imine (C=N–C) groups is 1. The van der Waals surface area contributed by atoms with Crippen molar-refractivity contribution in [2.24, 2.45) is 4.99 Å². The standard InChI is InChI=1S/C17H25N7.HI/c1-18-17(20-8-4-10-24-11-5-9-21-24)23-14-12-22(13-15-23)16-6-2-3-7-19-16;/h2-3,5-7,9,11H,4,8,10,12-15H2,1H3,(H,18,20);1H. The molecule has 2 aromatic rings. The van der Waals surface area contributed by atoms with Gasteiger partial charge in [-0.15, -0.1) is 24.0 Å². The van der Waals surface area contributed by atoms with Crippen molar-refractivity contribution in [1.29, 1.82) is 0 Å². The van der Waals surface area contributed by atoms with Gasteiger partial charge in [-0.3, -0.25) is 9.67 Å². The number of hydrogen-bond donors (Lipinski definition) is 1. The Balaban J connectivity index is 0.00000225. The molecule has 1 saturated heterocycles. The zero-order valence-electron chi connectivity index (χ0n) is 14.6. The summed E-state index contributed by atoms with van der Waals surface area (Å²) in [6.45, 7) is 5.65. The summed E-state index contributed by atoms with van der Waals surface area (Å²) in [6.07, 6.45) is 6.68. The summed E-state index contributed by atoms with van der Waals surface area (Å²) in [6, 6.07) is 8.01. The topological polar surface area (TPSA) is 61.6 Å². The van der Waals surface area contributed by atoms with E-state index in [1.54, 1.807) is 0 Å². The molecule has 0 radical (unpaired) electrons. The number of halogens is 1. The van der Waals surface area contributed by atoms with E-state index < -0.39 is 0 Å². The Morgan fingerprint density at radius 2 is 2.00 bits per heavy atom. The molecule has 8 heteroatoms. The van der Waals surface area contributed by atoms with Crippen LogP contribution in [0.2, 0.25) is 0 Å². The van der Waals surface area contributed by atoms with Gasteiger partial charge >= 0.3 is 0 Å². The zero-order chi connectivity index (χ0) is 16.6. The quantitative estimate of drug-likeness (QED) is 0.322. The van der Waals surface area contributed by atoms with Crippen LogP contribution in [0, 0.1) is 0 Å². The van der Waals surface area contributed by atoms with Crippen molar-refractivity contribution >= 4 is 35.8 Å². The highest BCUT2D eigenvalue weighted by molar-refractivity contribution is 14.0. The van der Waals surface area contributed by atoms with E-state index in [0.29, 0.717) is 0 Å². The first-order valence-corrected chi connectivity index (χ1v) is 8.46. The third-order valence-corrected chi connectivity index (χ3v) is 4.17. The minimum atomic E-state index is 0. The molecule has 0 aliphatic carbocycles. The number of pyridine rings is 1. The highest BCUT2D eigenvalue weighted by Crippen LogP contribution is 2.12. The summed E-state index contributed by atoms with van der Waals surface area (Å²) >= 11 is 0. The van der Waals surface area contributed by atoms with Crippen molar-refractivity contribution < 1.29 is 0 Å². The molecule has 7 nitrogen and oxygen atoms in total. The smallest absolute Gasteiger partial charge is 0.193 e. The minimum Gasteiger partial charge on any atom is -0.356 e. The molecule has 0 bridgehead atoms. The Bertz CT molecular complexity index is 622. The Hall–Kier alpha value is -1.84. The van der Waals surface area contributed by atoms with Crippen LogP contribution in [0.1, 0.15) is 6.42 Å². The lowest BCUT2D eigenvalue weighted by Crippen LogP contribution is -2.52. The summed E-state index contributed by atoms with van der Waals surface area (Å²) in [5.74, 6) is 2.04. The molecule has 0 atom stereocenters. The van der Waals surface area contributed by atoms with Crippen molar-refractivity contribution in [3.8, 4) is 0 Å². The number of nitrogens with one attached hydrogen (secondary N) is 1. The summed E-state index contributed by atoms with van der Waals surface area (Å²) in [5, 5.41) is 7.67. The maximum Gasteiger partial charge on any atom is 0.193 e. The van der Waals surface area contributed by atoms with Crippen molar-refractivity contribution in [3.05, 3.63) is 42.9 Å². The monoisotopic (exact) mass is 455 g/mol. The van der Waals surface area contributed by atoms with Gasteiger partial charge in [0.15, 0.2) is 5.96 Å². The Morgan fingerprint density at radius 1 is 1.16 bits per heavy atom. The Morgan fingerprint density at radius 3 is 2.64 bits per heavy atom. The van der Waals surface area contributed by atoms with Crippen LogP contribution in [0.3, 0.4) is 0 Å². The normalized spacial score (nSPS) is 15.0. The lowest BCUT2D eigenvalue weighted by molar-refractivity contribution is 0.370. The molecular formula is C17H26IN7. The second kappa shape index (κ2) is 10.2. The fourth-order valence-electron chi connectivity index (χ4n) is 2.89. The molecule has 136 valence electrons. The van der Waals surface area contributed by atoms with Crippen LogP contribution < -0.4 is 10.2 Å². The van der Waals surface area contributed by atoms with Gasteiger partial charge in [0.2, 0.25) is 0 Å². The lowest BCUT2D eigenvalue weighted by Gasteiger charge is -2.37. The summed E-state index contributed by atoms with van der Waals surface area (Å²) < 4.78 is 1.95. The first kappa shape index (κ1) is 19.5. The van der Waals surface area contributed by atoms with Crippen LogP contribution in [0.4, 0.5) is 5.82 Å². The number of rotatable bonds is 5. The molecular weight excluding hydrogens is 429 g/mol. The maximum atomic E-state index is 4.43. The average molecular weight is 455 g/mol. The molecule has 2 aromatic heterocycles. The summed E-state index contributed by atoms with van der Waals surface area (Å²) in [5.41, 5.74) is 0. The van der Waals surface area contributed by atoms with E-state index in [1.807, 2.05) is 48.5 Å². The van der Waals surface area contributed by atoms with E-state index in [9.17, 15) is 0 Å². The lowest BCUT2D eigenvalue weighted by atomic mass is 10.3. The molecule has 0 spiro atoms. The van der Waals surface area contributed by atoms with Gasteiger partial charge in [-0.1, -0.05) is 6.07 Å². The molecule has 1 aliphatic heterocycles. The van der Waals surface area contributed by atoms with Crippen molar-refractivity contribution in [3.63, 3.8) is 0 Å². The molecule has 0 unspecified atom stereocenters. The second-order valence-corrected chi connectivity index (χ2v) is 5.76. The Kier molecular flexibility index (Phi) is 7.96. The Labute approximate surface area is 166 Å². The molecule has 3 heterocycles. The third-order valence-electron chi connectivity index (χ3n) is 4.17. The first-order valence-electron chi connectivity index (χ1n) is 8.46. The van der Waals surface area contributed by atoms with E-state index >= 15 is 0 Å². The highest BCUT2D eigenvalue weighted by Gasteiger charge is 2.20. The largest absolute Gasteiger partial charge is 0.356 e. The summed E-state index contributed by atoms with van der Waals surface area (Å²) in [7, 11) is 1.85. The molecule has 1 N–H and O–H groups in total. The van der Waals surface area contributed by atoms with Crippen molar-refractivity contribution in [1.82, 2.24) is 25.0 Å². The van der Waals surface area contributed by atoms with E-state index in [0.717, 1.165) is 57.5 Å². The van der Waals surface area contributed by atoms with Crippen LogP contribution in [-0.2, 0) is 6.54 Å². The average Bonchev–Trinajstić information content (AvgIpc) is 3.16. The van der Waals surface area contributed by atoms with E-state index in [4.69, 9.17) is 0 Å². The SMILES string of the molecule is CN=C(NCCCn1cccn1)N1CCN(c2ccccn2)CC1.I. The van der Waals surface area contributed by atoms with Gasteiger partial charge in [0.1, 0.15) is 5.82 Å². The number of hydrogen-bond acceptors (Lipinski definition) is 4. The number of piperazine rings is 1. The highest BCUT2D eigenvalue weighted by atomic mass is 127. The van der Waals surface area contributed by atoms with Crippen LogP contribution in [-0.4, -0.2) is 65.4 Å². The summed E-state index contributed by atoms with van der Waals surface area (Å²) in [4.78, 5) is 13.5. The van der Waals surface area contributed by atoms with Crippen LogP contribution in [0.5, 0.6) is 0 Å². The van der Waals surface area contributed by atoms with Crippen LogP contribution >= 0.6 is 24.0 Å².